The molecule has 2 aromatic carbocycles. The van der Waals surface area contributed by atoms with E-state index in [-0.39, 0.29) is 12.1 Å². The number of hydrogen-bond acceptors (Lipinski definition) is 4. The summed E-state index contributed by atoms with van der Waals surface area (Å²) in [6.45, 7) is 3.16. The highest BCUT2D eigenvalue weighted by atomic mass is 15.3. The first-order chi connectivity index (χ1) is 11.8. The Balaban J connectivity index is 1.67. The van der Waals surface area contributed by atoms with Crippen molar-refractivity contribution in [2.75, 3.05) is 26.2 Å². The lowest BCUT2D eigenvalue weighted by Gasteiger charge is -2.38. The van der Waals surface area contributed by atoms with Gasteiger partial charge in [-0.15, -0.1) is 0 Å². The van der Waals surface area contributed by atoms with Gasteiger partial charge in [-0.2, -0.15) is 10.5 Å². The molecule has 24 heavy (non-hydrogen) atoms. The van der Waals surface area contributed by atoms with Crippen LogP contribution in [-0.4, -0.2) is 36.0 Å². The highest BCUT2D eigenvalue weighted by molar-refractivity contribution is 5.26. The van der Waals surface area contributed by atoms with Crippen molar-refractivity contribution in [2.24, 2.45) is 0 Å². The van der Waals surface area contributed by atoms with E-state index in [2.05, 4.69) is 21.9 Å². The van der Waals surface area contributed by atoms with Crippen LogP contribution in [0.25, 0.3) is 0 Å². The molecule has 0 spiro atoms. The topological polar surface area (TPSA) is 54.1 Å². The maximum absolute atomic E-state index is 9.57. The number of hydrogen-bond donors (Lipinski definition) is 0. The zero-order valence-corrected chi connectivity index (χ0v) is 13.5. The molecule has 4 nitrogen and oxygen atoms in total. The summed E-state index contributed by atoms with van der Waals surface area (Å²) in [5.74, 6) is 0. The summed E-state index contributed by atoms with van der Waals surface area (Å²) in [5, 5.41) is 19.1. The van der Waals surface area contributed by atoms with E-state index in [0.717, 1.165) is 37.3 Å². The normalized spacial score (nSPS) is 18.2. The Morgan fingerprint density at radius 1 is 0.625 bits per heavy atom. The number of benzene rings is 2. The van der Waals surface area contributed by atoms with E-state index in [4.69, 9.17) is 0 Å². The summed E-state index contributed by atoms with van der Waals surface area (Å²) < 4.78 is 0. The molecule has 1 aliphatic heterocycles. The summed E-state index contributed by atoms with van der Waals surface area (Å²) >= 11 is 0. The van der Waals surface area contributed by atoms with Gasteiger partial charge in [-0.3, -0.25) is 9.80 Å². The summed E-state index contributed by atoms with van der Waals surface area (Å²) in [4.78, 5) is 4.40. The Labute approximate surface area is 143 Å². The molecule has 2 aromatic rings. The molecule has 1 fully saturated rings. The monoisotopic (exact) mass is 316 g/mol. The van der Waals surface area contributed by atoms with Gasteiger partial charge in [0.1, 0.15) is 12.1 Å². The summed E-state index contributed by atoms with van der Waals surface area (Å²) in [5.41, 5.74) is 2.07. The average Bonchev–Trinajstić information content (AvgIpc) is 2.66. The van der Waals surface area contributed by atoms with Crippen LogP contribution in [0.2, 0.25) is 0 Å². The van der Waals surface area contributed by atoms with E-state index in [1.807, 2.05) is 60.7 Å². The van der Waals surface area contributed by atoms with Crippen molar-refractivity contribution < 1.29 is 0 Å². The first-order valence-corrected chi connectivity index (χ1v) is 8.20. The first kappa shape index (κ1) is 16.2. The Hall–Kier alpha value is -2.66. The van der Waals surface area contributed by atoms with Gasteiger partial charge in [0.25, 0.3) is 0 Å². The molecule has 0 saturated carbocycles. The van der Waals surface area contributed by atoms with Crippen LogP contribution in [0, 0.1) is 22.7 Å². The van der Waals surface area contributed by atoms with Gasteiger partial charge in [0.2, 0.25) is 0 Å². The minimum Gasteiger partial charge on any atom is -0.282 e. The number of piperazine rings is 1. The number of rotatable bonds is 4. The van der Waals surface area contributed by atoms with Crippen molar-refractivity contribution in [3.8, 4) is 12.1 Å². The second kappa shape index (κ2) is 7.75. The SMILES string of the molecule is N#C[C@H](c1ccccc1)N1CCN([C@H](C#N)c2ccccc2)CC1. The average molecular weight is 316 g/mol. The van der Waals surface area contributed by atoms with Gasteiger partial charge in [0.05, 0.1) is 12.1 Å². The lowest BCUT2D eigenvalue weighted by molar-refractivity contribution is 0.0979. The minimum absolute atomic E-state index is 0.217. The summed E-state index contributed by atoms with van der Waals surface area (Å²) in [6.07, 6.45) is 0. The molecule has 3 rings (SSSR count). The van der Waals surface area contributed by atoms with E-state index < -0.39 is 0 Å². The fraction of sp³-hybridized carbons (Fsp3) is 0.300. The van der Waals surface area contributed by atoms with Crippen LogP contribution in [0.1, 0.15) is 23.2 Å². The van der Waals surface area contributed by atoms with Crippen molar-refractivity contribution in [1.29, 1.82) is 10.5 Å². The molecule has 0 unspecified atom stereocenters. The maximum atomic E-state index is 9.57. The van der Waals surface area contributed by atoms with Crippen LogP contribution in [0.3, 0.4) is 0 Å². The van der Waals surface area contributed by atoms with E-state index in [1.165, 1.54) is 0 Å². The second-order valence-electron chi connectivity index (χ2n) is 5.96. The zero-order valence-electron chi connectivity index (χ0n) is 13.5. The molecule has 1 saturated heterocycles. The van der Waals surface area contributed by atoms with Gasteiger partial charge in [-0.25, -0.2) is 0 Å². The van der Waals surface area contributed by atoms with E-state index in [1.54, 1.807) is 0 Å². The molecule has 120 valence electrons. The molecule has 0 aliphatic carbocycles. The van der Waals surface area contributed by atoms with Gasteiger partial charge in [-0.05, 0) is 11.1 Å². The third kappa shape index (κ3) is 3.46. The Kier molecular flexibility index (Phi) is 5.23. The predicted octanol–water partition coefficient (Wildman–Crippen LogP) is 3.13. The molecule has 0 N–H and O–H groups in total. The minimum atomic E-state index is -0.217. The van der Waals surface area contributed by atoms with Crippen LogP contribution in [-0.2, 0) is 0 Å². The lowest BCUT2D eigenvalue weighted by atomic mass is 10.0. The largest absolute Gasteiger partial charge is 0.282 e. The standard InChI is InChI=1S/C20H20N4/c21-15-19(17-7-3-1-4-8-17)23-11-13-24(14-12-23)20(16-22)18-9-5-2-6-10-18/h1-10,19-20H,11-14H2/t19-,20-/m1/s1. The molecule has 1 heterocycles. The molecular formula is C20H20N4. The van der Waals surface area contributed by atoms with Crippen LogP contribution in [0.15, 0.2) is 60.7 Å². The fourth-order valence-electron chi connectivity index (χ4n) is 3.26. The van der Waals surface area contributed by atoms with Crippen LogP contribution >= 0.6 is 0 Å². The van der Waals surface area contributed by atoms with Gasteiger partial charge >= 0.3 is 0 Å². The molecule has 4 heteroatoms. The van der Waals surface area contributed by atoms with Crippen molar-refractivity contribution in [1.82, 2.24) is 9.80 Å². The van der Waals surface area contributed by atoms with E-state index in [0.29, 0.717) is 0 Å². The van der Waals surface area contributed by atoms with Crippen molar-refractivity contribution in [3.05, 3.63) is 71.8 Å². The molecule has 0 amide bonds. The van der Waals surface area contributed by atoms with Gasteiger partial charge in [0.15, 0.2) is 0 Å². The molecule has 0 aromatic heterocycles. The molecule has 2 atom stereocenters. The van der Waals surface area contributed by atoms with Crippen molar-refractivity contribution in [2.45, 2.75) is 12.1 Å². The molecule has 0 radical (unpaired) electrons. The zero-order chi connectivity index (χ0) is 16.8. The highest BCUT2D eigenvalue weighted by Gasteiger charge is 2.28. The van der Waals surface area contributed by atoms with Crippen LogP contribution in [0.4, 0.5) is 0 Å². The predicted molar refractivity (Wildman–Crippen MR) is 92.7 cm³/mol. The van der Waals surface area contributed by atoms with Gasteiger partial charge < -0.3 is 0 Å². The summed E-state index contributed by atoms with van der Waals surface area (Å²) in [7, 11) is 0. The summed E-state index contributed by atoms with van der Waals surface area (Å²) in [6, 6.07) is 24.2. The van der Waals surface area contributed by atoms with Gasteiger partial charge in [0, 0.05) is 26.2 Å². The van der Waals surface area contributed by atoms with Crippen LogP contribution in [0.5, 0.6) is 0 Å². The lowest BCUT2D eigenvalue weighted by Crippen LogP contribution is -2.48. The maximum Gasteiger partial charge on any atom is 0.123 e. The number of nitriles is 2. The Morgan fingerprint density at radius 2 is 0.958 bits per heavy atom. The molecule has 1 aliphatic rings. The van der Waals surface area contributed by atoms with Gasteiger partial charge in [-0.1, -0.05) is 60.7 Å². The molecular weight excluding hydrogens is 296 g/mol. The van der Waals surface area contributed by atoms with Crippen molar-refractivity contribution in [3.63, 3.8) is 0 Å². The van der Waals surface area contributed by atoms with E-state index >= 15 is 0 Å². The van der Waals surface area contributed by atoms with Crippen LogP contribution < -0.4 is 0 Å². The first-order valence-electron chi connectivity index (χ1n) is 8.20. The third-order valence-corrected chi connectivity index (χ3v) is 4.55. The Bertz CT molecular complexity index is 656. The van der Waals surface area contributed by atoms with E-state index in [9.17, 15) is 10.5 Å². The van der Waals surface area contributed by atoms with Crippen molar-refractivity contribution >= 4 is 0 Å². The quantitative estimate of drug-likeness (QED) is 0.869. The molecule has 0 bridgehead atoms. The Morgan fingerprint density at radius 3 is 1.25 bits per heavy atom. The third-order valence-electron chi connectivity index (χ3n) is 4.55. The second-order valence-corrected chi connectivity index (χ2v) is 5.96. The fourth-order valence-corrected chi connectivity index (χ4v) is 3.26. The smallest absolute Gasteiger partial charge is 0.123 e. The highest BCUT2D eigenvalue weighted by Crippen LogP contribution is 2.25. The number of nitrogens with zero attached hydrogens (tertiary/aromatic N) is 4.